The second-order valence-electron chi connectivity index (χ2n) is 5.46. The van der Waals surface area contributed by atoms with Crippen LogP contribution in [0.15, 0.2) is 24.3 Å². The molecule has 0 unspecified atom stereocenters. The van der Waals surface area contributed by atoms with Gasteiger partial charge in [-0.3, -0.25) is 9.59 Å². The molecule has 0 aliphatic carbocycles. The molecule has 0 aromatic heterocycles. The summed E-state index contributed by atoms with van der Waals surface area (Å²) >= 11 is 0. The van der Waals surface area contributed by atoms with Gasteiger partial charge in [0.25, 0.3) is 0 Å². The predicted molar refractivity (Wildman–Crippen MR) is 84.3 cm³/mol. The molecular formula is C16H23N3O2. The normalized spacial score (nSPS) is 15.5. The Morgan fingerprint density at radius 2 is 1.76 bits per heavy atom. The van der Waals surface area contributed by atoms with Crippen molar-refractivity contribution in [1.82, 2.24) is 4.90 Å². The molecule has 21 heavy (non-hydrogen) atoms. The van der Waals surface area contributed by atoms with Crippen LogP contribution in [0.4, 0.5) is 11.4 Å². The van der Waals surface area contributed by atoms with Gasteiger partial charge in [-0.05, 0) is 44.1 Å². The zero-order valence-electron chi connectivity index (χ0n) is 12.5. The Morgan fingerprint density at radius 1 is 1.10 bits per heavy atom. The van der Waals surface area contributed by atoms with Gasteiger partial charge in [0.1, 0.15) is 0 Å². The molecule has 0 atom stereocenters. The number of likely N-dealkylation sites (tertiary alicyclic amines) is 1. The lowest BCUT2D eigenvalue weighted by Gasteiger charge is -2.25. The largest absolute Gasteiger partial charge is 0.326 e. The van der Waals surface area contributed by atoms with Crippen molar-refractivity contribution in [3.8, 4) is 0 Å². The Labute approximate surface area is 125 Å². The van der Waals surface area contributed by atoms with Crippen molar-refractivity contribution < 1.29 is 9.59 Å². The maximum Gasteiger partial charge on any atom is 0.225 e. The Morgan fingerprint density at radius 3 is 2.43 bits per heavy atom. The number of hydrogen-bond acceptors (Lipinski definition) is 3. The van der Waals surface area contributed by atoms with E-state index in [4.69, 9.17) is 0 Å². The van der Waals surface area contributed by atoms with Gasteiger partial charge in [0, 0.05) is 31.3 Å². The number of piperidine rings is 1. The van der Waals surface area contributed by atoms with Crippen LogP contribution in [0.3, 0.4) is 0 Å². The first-order chi connectivity index (χ1) is 10.1. The van der Waals surface area contributed by atoms with Gasteiger partial charge in [0.2, 0.25) is 11.8 Å². The molecule has 1 saturated heterocycles. The molecule has 0 bridgehead atoms. The summed E-state index contributed by atoms with van der Waals surface area (Å²) in [4.78, 5) is 25.3. The van der Waals surface area contributed by atoms with Crippen molar-refractivity contribution in [2.75, 3.05) is 30.3 Å². The minimum atomic E-state index is -0.122. The summed E-state index contributed by atoms with van der Waals surface area (Å²) in [5, 5.41) is 5.58. The molecule has 5 nitrogen and oxygen atoms in total. The first-order valence-electron chi connectivity index (χ1n) is 7.53. The van der Waals surface area contributed by atoms with Gasteiger partial charge < -0.3 is 15.5 Å². The fraction of sp³-hybridized carbons (Fsp3) is 0.500. The van der Waals surface area contributed by atoms with Crippen molar-refractivity contribution in [3.05, 3.63) is 24.3 Å². The molecule has 1 fully saturated rings. The summed E-state index contributed by atoms with van der Waals surface area (Å²) in [7, 11) is 0. The van der Waals surface area contributed by atoms with Gasteiger partial charge in [0.05, 0.1) is 0 Å². The molecule has 1 aliphatic heterocycles. The molecule has 2 N–H and O–H groups in total. The maximum atomic E-state index is 12.0. The third-order valence-corrected chi connectivity index (χ3v) is 3.57. The molecule has 1 aromatic rings. The average molecular weight is 289 g/mol. The summed E-state index contributed by atoms with van der Waals surface area (Å²) in [6.07, 6.45) is 4.28. The molecule has 1 aliphatic rings. The lowest BCUT2D eigenvalue weighted by Crippen LogP contribution is -2.32. The van der Waals surface area contributed by atoms with Gasteiger partial charge in [0.15, 0.2) is 0 Å². The molecule has 114 valence electrons. The van der Waals surface area contributed by atoms with Crippen LogP contribution in [0.2, 0.25) is 0 Å². The zero-order chi connectivity index (χ0) is 15.1. The number of carbonyl (C=O) groups excluding carboxylic acids is 2. The monoisotopic (exact) mass is 289 g/mol. The highest BCUT2D eigenvalue weighted by molar-refractivity contribution is 5.93. The standard InChI is InChI=1S/C16H23N3O2/c1-13(20)17-14-6-5-7-15(12-14)18-16(21)8-11-19-9-3-2-4-10-19/h5-7,12H,2-4,8-11H2,1H3,(H,17,20)(H,18,21). The van der Waals surface area contributed by atoms with Crippen LogP contribution < -0.4 is 10.6 Å². The number of nitrogens with zero attached hydrogens (tertiary/aromatic N) is 1. The lowest BCUT2D eigenvalue weighted by molar-refractivity contribution is -0.116. The van der Waals surface area contributed by atoms with Gasteiger partial charge in [-0.25, -0.2) is 0 Å². The third kappa shape index (κ3) is 5.55. The van der Waals surface area contributed by atoms with E-state index < -0.39 is 0 Å². The summed E-state index contributed by atoms with van der Waals surface area (Å²) in [5.74, 6) is -0.107. The van der Waals surface area contributed by atoms with Crippen molar-refractivity contribution >= 4 is 23.2 Å². The van der Waals surface area contributed by atoms with Crippen LogP contribution in [0.5, 0.6) is 0 Å². The minimum absolute atomic E-state index is 0.0144. The van der Waals surface area contributed by atoms with Gasteiger partial charge in [-0.15, -0.1) is 0 Å². The zero-order valence-corrected chi connectivity index (χ0v) is 12.5. The molecule has 0 saturated carbocycles. The van der Waals surface area contributed by atoms with Crippen LogP contribution in [0.1, 0.15) is 32.6 Å². The Hall–Kier alpha value is -1.88. The van der Waals surface area contributed by atoms with E-state index in [9.17, 15) is 9.59 Å². The van der Waals surface area contributed by atoms with E-state index >= 15 is 0 Å². The first-order valence-corrected chi connectivity index (χ1v) is 7.53. The predicted octanol–water partition coefficient (Wildman–Crippen LogP) is 2.46. The second kappa shape index (κ2) is 7.78. The summed E-state index contributed by atoms with van der Waals surface area (Å²) in [6.45, 7) is 4.48. The number of amides is 2. The molecule has 0 spiro atoms. The topological polar surface area (TPSA) is 61.4 Å². The van der Waals surface area contributed by atoms with E-state index in [1.54, 1.807) is 12.1 Å². The minimum Gasteiger partial charge on any atom is -0.326 e. The fourth-order valence-corrected chi connectivity index (χ4v) is 2.54. The number of hydrogen-bond donors (Lipinski definition) is 2. The maximum absolute atomic E-state index is 12.0. The van der Waals surface area contributed by atoms with E-state index in [0.717, 1.165) is 19.6 Å². The van der Waals surface area contributed by atoms with Crippen LogP contribution in [-0.4, -0.2) is 36.3 Å². The smallest absolute Gasteiger partial charge is 0.225 e. The van der Waals surface area contributed by atoms with Gasteiger partial charge in [-0.2, -0.15) is 0 Å². The molecule has 0 radical (unpaired) electrons. The second-order valence-corrected chi connectivity index (χ2v) is 5.46. The SMILES string of the molecule is CC(=O)Nc1cccc(NC(=O)CCN2CCCCC2)c1. The van der Waals surface area contributed by atoms with E-state index in [1.807, 2.05) is 12.1 Å². The van der Waals surface area contributed by atoms with Crippen LogP contribution >= 0.6 is 0 Å². The molecule has 2 amide bonds. The van der Waals surface area contributed by atoms with Crippen molar-refractivity contribution in [2.24, 2.45) is 0 Å². The highest BCUT2D eigenvalue weighted by Gasteiger charge is 2.11. The fourth-order valence-electron chi connectivity index (χ4n) is 2.54. The van der Waals surface area contributed by atoms with Crippen LogP contribution in [0, 0.1) is 0 Å². The van der Waals surface area contributed by atoms with Crippen LogP contribution in [0.25, 0.3) is 0 Å². The van der Waals surface area contributed by atoms with Crippen molar-refractivity contribution in [3.63, 3.8) is 0 Å². The Balaban J connectivity index is 1.80. The first kappa shape index (κ1) is 15.5. The highest BCUT2D eigenvalue weighted by Crippen LogP contribution is 2.15. The van der Waals surface area contributed by atoms with E-state index in [1.165, 1.54) is 26.2 Å². The molecule has 1 aromatic carbocycles. The summed E-state index contributed by atoms with van der Waals surface area (Å²) in [5.41, 5.74) is 1.40. The van der Waals surface area contributed by atoms with E-state index in [0.29, 0.717) is 17.8 Å². The highest BCUT2D eigenvalue weighted by atomic mass is 16.2. The number of anilines is 2. The van der Waals surface area contributed by atoms with Gasteiger partial charge >= 0.3 is 0 Å². The van der Waals surface area contributed by atoms with E-state index in [2.05, 4.69) is 15.5 Å². The average Bonchev–Trinajstić information content (AvgIpc) is 2.46. The number of benzene rings is 1. The van der Waals surface area contributed by atoms with Crippen LogP contribution in [-0.2, 0) is 9.59 Å². The molecular weight excluding hydrogens is 266 g/mol. The quantitative estimate of drug-likeness (QED) is 0.875. The Bertz CT molecular complexity index is 496. The Kier molecular flexibility index (Phi) is 5.75. The van der Waals surface area contributed by atoms with Gasteiger partial charge in [-0.1, -0.05) is 12.5 Å². The lowest BCUT2D eigenvalue weighted by atomic mass is 10.1. The van der Waals surface area contributed by atoms with E-state index in [-0.39, 0.29) is 11.8 Å². The number of nitrogens with one attached hydrogen (secondary N) is 2. The van der Waals surface area contributed by atoms with Crippen molar-refractivity contribution in [2.45, 2.75) is 32.6 Å². The summed E-state index contributed by atoms with van der Waals surface area (Å²) < 4.78 is 0. The molecule has 2 rings (SSSR count). The number of carbonyl (C=O) groups is 2. The summed E-state index contributed by atoms with van der Waals surface area (Å²) in [6, 6.07) is 7.20. The number of rotatable bonds is 5. The molecule has 5 heteroatoms. The third-order valence-electron chi connectivity index (χ3n) is 3.57. The molecule has 1 heterocycles. The van der Waals surface area contributed by atoms with Crippen molar-refractivity contribution in [1.29, 1.82) is 0 Å².